The van der Waals surface area contributed by atoms with Crippen LogP contribution < -0.4 is 19.7 Å². The number of ether oxygens (including phenoxy) is 2. The topological polar surface area (TPSA) is 114 Å². The summed E-state index contributed by atoms with van der Waals surface area (Å²) < 4.78 is 36.1. The van der Waals surface area contributed by atoms with Gasteiger partial charge in [0.15, 0.2) is 0 Å². The standard InChI is InChI=1S/C17H25N3O6S/c1-25-10-5-8-18-16(21)17(22)19-13-6-7-14(15(12-13)26-2)20-9-3-4-11-27(20,23)24/h6-7,12H,3-5,8-11H2,1-2H3,(H,18,21)(H,19,22). The summed E-state index contributed by atoms with van der Waals surface area (Å²) in [6.45, 7) is 1.20. The predicted molar refractivity (Wildman–Crippen MR) is 101 cm³/mol. The first-order valence-corrected chi connectivity index (χ1v) is 10.3. The Labute approximate surface area is 159 Å². The molecule has 2 N–H and O–H groups in total. The first kappa shape index (κ1) is 21.0. The van der Waals surface area contributed by atoms with Crippen LogP contribution in [0.2, 0.25) is 0 Å². The van der Waals surface area contributed by atoms with Crippen molar-refractivity contribution >= 4 is 33.2 Å². The summed E-state index contributed by atoms with van der Waals surface area (Å²) >= 11 is 0. The average molecular weight is 399 g/mol. The van der Waals surface area contributed by atoms with Crippen molar-refractivity contribution in [1.82, 2.24) is 5.32 Å². The maximum absolute atomic E-state index is 12.3. The monoisotopic (exact) mass is 399 g/mol. The second-order valence-corrected chi connectivity index (χ2v) is 8.05. The first-order valence-electron chi connectivity index (χ1n) is 8.65. The van der Waals surface area contributed by atoms with Gasteiger partial charge in [-0.1, -0.05) is 0 Å². The Bertz CT molecular complexity index is 781. The van der Waals surface area contributed by atoms with E-state index in [1.807, 2.05) is 0 Å². The van der Waals surface area contributed by atoms with Gasteiger partial charge in [0, 0.05) is 38.6 Å². The minimum absolute atomic E-state index is 0.0951. The van der Waals surface area contributed by atoms with Crippen molar-refractivity contribution in [3.05, 3.63) is 18.2 Å². The Morgan fingerprint density at radius 1 is 1.19 bits per heavy atom. The number of benzene rings is 1. The van der Waals surface area contributed by atoms with Crippen molar-refractivity contribution in [3.63, 3.8) is 0 Å². The number of nitrogens with one attached hydrogen (secondary N) is 2. The summed E-state index contributed by atoms with van der Waals surface area (Å²) in [4.78, 5) is 23.7. The number of carbonyl (C=O) groups is 2. The van der Waals surface area contributed by atoms with E-state index in [4.69, 9.17) is 9.47 Å². The molecular weight excluding hydrogens is 374 g/mol. The van der Waals surface area contributed by atoms with E-state index in [1.54, 1.807) is 13.2 Å². The largest absolute Gasteiger partial charge is 0.494 e. The summed E-state index contributed by atoms with van der Waals surface area (Å²) in [5.41, 5.74) is 0.751. The molecule has 0 aliphatic carbocycles. The Morgan fingerprint density at radius 2 is 1.96 bits per heavy atom. The van der Waals surface area contributed by atoms with E-state index in [9.17, 15) is 18.0 Å². The van der Waals surface area contributed by atoms with Crippen LogP contribution in [0.4, 0.5) is 11.4 Å². The molecule has 0 radical (unpaired) electrons. The number of anilines is 2. The molecule has 1 aliphatic heterocycles. The van der Waals surface area contributed by atoms with Gasteiger partial charge < -0.3 is 20.1 Å². The van der Waals surface area contributed by atoms with E-state index in [1.165, 1.54) is 23.5 Å². The molecule has 0 atom stereocenters. The molecule has 0 aromatic heterocycles. The quantitative estimate of drug-likeness (QED) is 0.516. The van der Waals surface area contributed by atoms with E-state index < -0.39 is 21.8 Å². The maximum atomic E-state index is 12.3. The number of hydrogen-bond donors (Lipinski definition) is 2. The number of carbonyl (C=O) groups excluding carboxylic acids is 2. The molecule has 1 aliphatic rings. The molecule has 10 heteroatoms. The Morgan fingerprint density at radius 3 is 2.63 bits per heavy atom. The third-order valence-corrected chi connectivity index (χ3v) is 5.93. The van der Waals surface area contributed by atoms with Crippen molar-refractivity contribution in [3.8, 4) is 5.75 Å². The highest BCUT2D eigenvalue weighted by Crippen LogP contribution is 2.34. The SMILES string of the molecule is COCCCNC(=O)C(=O)Nc1ccc(N2CCCCS2(=O)=O)c(OC)c1. The number of methoxy groups -OCH3 is 2. The minimum atomic E-state index is -3.38. The van der Waals surface area contributed by atoms with Gasteiger partial charge in [0.2, 0.25) is 10.0 Å². The van der Waals surface area contributed by atoms with Gasteiger partial charge >= 0.3 is 11.8 Å². The van der Waals surface area contributed by atoms with E-state index in [-0.39, 0.29) is 5.75 Å². The van der Waals surface area contributed by atoms with Crippen LogP contribution >= 0.6 is 0 Å². The van der Waals surface area contributed by atoms with Gasteiger partial charge in [0.05, 0.1) is 18.6 Å². The van der Waals surface area contributed by atoms with Crippen LogP contribution in [0.1, 0.15) is 19.3 Å². The Balaban J connectivity index is 2.07. The smallest absolute Gasteiger partial charge is 0.313 e. The van der Waals surface area contributed by atoms with Crippen molar-refractivity contribution in [2.45, 2.75) is 19.3 Å². The van der Waals surface area contributed by atoms with Crippen molar-refractivity contribution < 1.29 is 27.5 Å². The molecule has 2 amide bonds. The van der Waals surface area contributed by atoms with Gasteiger partial charge in [0.25, 0.3) is 0 Å². The predicted octanol–water partition coefficient (Wildman–Crippen LogP) is 0.716. The number of amides is 2. The fraction of sp³-hybridized carbons (Fsp3) is 0.529. The summed E-state index contributed by atoms with van der Waals surface area (Å²) in [5, 5.41) is 4.97. The second kappa shape index (κ2) is 9.56. The number of nitrogens with zero attached hydrogens (tertiary/aromatic N) is 1. The van der Waals surface area contributed by atoms with Crippen LogP contribution in [0.15, 0.2) is 18.2 Å². The molecule has 1 heterocycles. The lowest BCUT2D eigenvalue weighted by molar-refractivity contribution is -0.136. The van der Waals surface area contributed by atoms with Gasteiger partial charge in [-0.15, -0.1) is 0 Å². The summed E-state index contributed by atoms with van der Waals surface area (Å²) in [6, 6.07) is 4.60. The van der Waals surface area contributed by atoms with E-state index in [0.717, 1.165) is 6.42 Å². The summed E-state index contributed by atoms with van der Waals surface area (Å²) in [7, 11) is -0.406. The minimum Gasteiger partial charge on any atom is -0.494 e. The molecule has 1 aromatic rings. The third kappa shape index (κ3) is 5.57. The summed E-state index contributed by atoms with van der Waals surface area (Å²) in [6.07, 6.45) is 2.00. The van der Waals surface area contributed by atoms with Gasteiger partial charge in [-0.25, -0.2) is 8.42 Å². The number of hydrogen-bond acceptors (Lipinski definition) is 6. The average Bonchev–Trinajstić information content (AvgIpc) is 2.65. The fourth-order valence-electron chi connectivity index (χ4n) is 2.71. The molecule has 150 valence electrons. The fourth-order valence-corrected chi connectivity index (χ4v) is 4.35. The number of sulfonamides is 1. The molecule has 1 saturated heterocycles. The van der Waals surface area contributed by atoms with Crippen LogP contribution in [-0.4, -0.2) is 59.9 Å². The van der Waals surface area contributed by atoms with Crippen LogP contribution in [-0.2, 0) is 24.3 Å². The molecule has 27 heavy (non-hydrogen) atoms. The van der Waals surface area contributed by atoms with E-state index >= 15 is 0 Å². The lowest BCUT2D eigenvalue weighted by Crippen LogP contribution is -2.38. The molecule has 0 unspecified atom stereocenters. The normalized spacial score (nSPS) is 15.9. The second-order valence-electron chi connectivity index (χ2n) is 6.04. The highest BCUT2D eigenvalue weighted by atomic mass is 32.2. The molecule has 9 nitrogen and oxygen atoms in total. The van der Waals surface area contributed by atoms with Crippen molar-refractivity contribution in [1.29, 1.82) is 0 Å². The zero-order valence-corrected chi connectivity index (χ0v) is 16.3. The molecule has 1 aromatic carbocycles. The van der Waals surface area contributed by atoms with Gasteiger partial charge in [-0.3, -0.25) is 13.9 Å². The molecule has 2 rings (SSSR count). The summed E-state index contributed by atoms with van der Waals surface area (Å²) in [5.74, 6) is -1.17. The van der Waals surface area contributed by atoms with Crippen LogP contribution in [0.3, 0.4) is 0 Å². The van der Waals surface area contributed by atoms with Crippen molar-refractivity contribution in [2.75, 3.05) is 49.3 Å². The van der Waals surface area contributed by atoms with Gasteiger partial charge in [0.1, 0.15) is 5.75 Å². The van der Waals surface area contributed by atoms with Gasteiger partial charge in [-0.2, -0.15) is 0 Å². The van der Waals surface area contributed by atoms with Crippen LogP contribution in [0, 0.1) is 0 Å². The Hall–Kier alpha value is -2.33. The van der Waals surface area contributed by atoms with Gasteiger partial charge in [-0.05, 0) is 31.4 Å². The molecule has 0 saturated carbocycles. The first-order chi connectivity index (χ1) is 12.9. The zero-order valence-electron chi connectivity index (χ0n) is 15.5. The highest BCUT2D eigenvalue weighted by Gasteiger charge is 2.28. The van der Waals surface area contributed by atoms with Crippen LogP contribution in [0.25, 0.3) is 0 Å². The third-order valence-electron chi connectivity index (χ3n) is 4.07. The molecule has 0 spiro atoms. The molecule has 0 bridgehead atoms. The lowest BCUT2D eigenvalue weighted by atomic mass is 10.2. The van der Waals surface area contributed by atoms with Crippen LogP contribution in [0.5, 0.6) is 5.75 Å². The van der Waals surface area contributed by atoms with Crippen molar-refractivity contribution in [2.24, 2.45) is 0 Å². The van der Waals surface area contributed by atoms with E-state index in [0.29, 0.717) is 49.7 Å². The lowest BCUT2D eigenvalue weighted by Gasteiger charge is -2.29. The molecular formula is C17H25N3O6S. The highest BCUT2D eigenvalue weighted by molar-refractivity contribution is 7.92. The molecule has 1 fully saturated rings. The Kier molecular flexibility index (Phi) is 7.43. The van der Waals surface area contributed by atoms with E-state index in [2.05, 4.69) is 10.6 Å². The number of rotatable bonds is 7. The maximum Gasteiger partial charge on any atom is 0.313 e. The zero-order chi connectivity index (χ0) is 19.9.